The van der Waals surface area contributed by atoms with Crippen molar-refractivity contribution in [2.24, 2.45) is 0 Å². The number of pyridine rings is 1. The summed E-state index contributed by atoms with van der Waals surface area (Å²) in [6, 6.07) is 3.65. The Morgan fingerprint density at radius 3 is 2.87 bits per heavy atom. The van der Waals surface area contributed by atoms with Gasteiger partial charge in [-0.15, -0.1) is 0 Å². The second-order valence-corrected chi connectivity index (χ2v) is 3.96. The topological polar surface area (TPSA) is 70.9 Å². The van der Waals surface area contributed by atoms with Crippen molar-refractivity contribution in [1.29, 1.82) is 0 Å². The first kappa shape index (κ1) is 9.97. The van der Waals surface area contributed by atoms with Crippen LogP contribution in [0.1, 0.15) is 5.69 Å². The highest BCUT2D eigenvalue weighted by Crippen LogP contribution is 2.08. The monoisotopic (exact) mass is 269 g/mol. The number of aromatic nitrogens is 3. The number of H-pyrrole nitrogens is 1. The van der Waals surface area contributed by atoms with Crippen molar-refractivity contribution in [2.75, 3.05) is 0 Å². The van der Waals surface area contributed by atoms with Gasteiger partial charge in [0, 0.05) is 10.7 Å². The molecule has 0 aliphatic heterocycles. The van der Waals surface area contributed by atoms with E-state index in [0.717, 1.165) is 10.2 Å². The van der Waals surface area contributed by atoms with Gasteiger partial charge in [-0.25, -0.2) is 4.79 Å². The number of nitrogens with zero attached hydrogens (tertiary/aromatic N) is 2. The van der Waals surface area contributed by atoms with Crippen molar-refractivity contribution in [3.8, 4) is 5.88 Å². The molecule has 0 unspecified atom stereocenters. The van der Waals surface area contributed by atoms with Crippen LogP contribution in [0.15, 0.2) is 33.8 Å². The van der Waals surface area contributed by atoms with Gasteiger partial charge in [-0.2, -0.15) is 0 Å². The van der Waals surface area contributed by atoms with E-state index in [1.807, 2.05) is 6.07 Å². The fraction of sp³-hybridized carbons (Fsp3) is 0.111. The molecule has 0 saturated heterocycles. The van der Waals surface area contributed by atoms with Crippen LogP contribution < -0.4 is 5.69 Å². The average Bonchev–Trinajstić information content (AvgIpc) is 2.49. The summed E-state index contributed by atoms with van der Waals surface area (Å²) in [5.41, 5.74) is 0.400. The van der Waals surface area contributed by atoms with Crippen molar-refractivity contribution < 1.29 is 5.11 Å². The smallest absolute Gasteiger partial charge is 0.328 e. The first-order valence-corrected chi connectivity index (χ1v) is 5.03. The minimum Gasteiger partial charge on any atom is -0.493 e. The molecule has 0 radical (unpaired) electrons. The third-order valence-corrected chi connectivity index (χ3v) is 2.36. The zero-order valence-electron chi connectivity index (χ0n) is 7.64. The van der Waals surface area contributed by atoms with Crippen LogP contribution in [0.3, 0.4) is 0 Å². The summed E-state index contributed by atoms with van der Waals surface area (Å²) in [5.74, 6) is -0.142. The predicted molar refractivity (Wildman–Crippen MR) is 57.8 cm³/mol. The SMILES string of the molecule is O=c1[nH]c(O)cn1Cc1ccc(Br)cn1. The van der Waals surface area contributed by atoms with Gasteiger partial charge in [0.2, 0.25) is 5.88 Å². The minimum atomic E-state index is -0.350. The van der Waals surface area contributed by atoms with E-state index in [0.29, 0.717) is 6.54 Å². The molecule has 2 aromatic heterocycles. The molecule has 6 heteroatoms. The second kappa shape index (κ2) is 3.90. The summed E-state index contributed by atoms with van der Waals surface area (Å²) in [6.45, 7) is 0.336. The summed E-state index contributed by atoms with van der Waals surface area (Å²) < 4.78 is 2.24. The lowest BCUT2D eigenvalue weighted by molar-refractivity contribution is 0.455. The van der Waals surface area contributed by atoms with Crippen LogP contribution in [-0.4, -0.2) is 19.6 Å². The molecule has 2 rings (SSSR count). The van der Waals surface area contributed by atoms with Crippen LogP contribution in [0.4, 0.5) is 0 Å². The van der Waals surface area contributed by atoms with E-state index in [1.54, 1.807) is 12.3 Å². The Kier molecular flexibility index (Phi) is 2.59. The Morgan fingerprint density at radius 1 is 1.53 bits per heavy atom. The van der Waals surface area contributed by atoms with E-state index in [2.05, 4.69) is 25.9 Å². The molecule has 0 aliphatic rings. The van der Waals surface area contributed by atoms with Crippen LogP contribution in [0.5, 0.6) is 5.88 Å². The molecule has 0 aromatic carbocycles. The van der Waals surface area contributed by atoms with Crippen molar-refractivity contribution in [2.45, 2.75) is 6.54 Å². The number of imidazole rings is 1. The van der Waals surface area contributed by atoms with Gasteiger partial charge < -0.3 is 5.11 Å². The van der Waals surface area contributed by atoms with E-state index < -0.39 is 0 Å². The standard InChI is InChI=1S/C9H8BrN3O2/c10-6-1-2-7(11-3-6)4-13-5-8(14)12-9(13)15/h1-3,5,14H,4H2,(H,12,15). The maximum atomic E-state index is 11.2. The molecule has 2 aromatic rings. The predicted octanol–water partition coefficient (Wildman–Crippen LogP) is 1.09. The molecule has 0 amide bonds. The maximum Gasteiger partial charge on any atom is 0.328 e. The molecule has 0 fully saturated rings. The fourth-order valence-corrected chi connectivity index (χ4v) is 1.45. The fourth-order valence-electron chi connectivity index (χ4n) is 1.21. The molecular weight excluding hydrogens is 262 g/mol. The third kappa shape index (κ3) is 2.27. The molecule has 0 spiro atoms. The molecule has 2 heterocycles. The van der Waals surface area contributed by atoms with Gasteiger partial charge in [0.1, 0.15) is 0 Å². The van der Waals surface area contributed by atoms with E-state index in [9.17, 15) is 4.79 Å². The molecule has 0 bridgehead atoms. The molecule has 0 aliphatic carbocycles. The first-order valence-electron chi connectivity index (χ1n) is 4.24. The summed E-state index contributed by atoms with van der Waals surface area (Å²) in [4.78, 5) is 17.6. The number of aromatic hydroxyl groups is 1. The Bertz CT molecular complexity index is 515. The van der Waals surface area contributed by atoms with Gasteiger partial charge in [-0.05, 0) is 28.1 Å². The lowest BCUT2D eigenvalue weighted by Gasteiger charge is -1.99. The maximum absolute atomic E-state index is 11.2. The van der Waals surface area contributed by atoms with Crippen molar-refractivity contribution in [3.05, 3.63) is 45.2 Å². The van der Waals surface area contributed by atoms with E-state index >= 15 is 0 Å². The molecule has 78 valence electrons. The highest BCUT2D eigenvalue weighted by atomic mass is 79.9. The van der Waals surface area contributed by atoms with Crippen LogP contribution >= 0.6 is 15.9 Å². The lowest BCUT2D eigenvalue weighted by atomic mass is 10.3. The highest BCUT2D eigenvalue weighted by Gasteiger charge is 2.02. The number of rotatable bonds is 2. The number of hydrogen-bond donors (Lipinski definition) is 2. The van der Waals surface area contributed by atoms with Crippen molar-refractivity contribution >= 4 is 15.9 Å². The second-order valence-electron chi connectivity index (χ2n) is 3.04. The Labute approximate surface area is 93.5 Å². The van der Waals surface area contributed by atoms with Gasteiger partial charge in [0.15, 0.2) is 0 Å². The summed E-state index contributed by atoms with van der Waals surface area (Å²) >= 11 is 3.27. The van der Waals surface area contributed by atoms with Crippen LogP contribution in [-0.2, 0) is 6.54 Å². The molecular formula is C9H8BrN3O2. The lowest BCUT2D eigenvalue weighted by Crippen LogP contribution is -2.17. The van der Waals surface area contributed by atoms with Crippen LogP contribution in [0.25, 0.3) is 0 Å². The largest absolute Gasteiger partial charge is 0.493 e. The molecule has 0 atom stereocenters. The van der Waals surface area contributed by atoms with Crippen LogP contribution in [0.2, 0.25) is 0 Å². The zero-order chi connectivity index (χ0) is 10.8. The summed E-state index contributed by atoms with van der Waals surface area (Å²) in [7, 11) is 0. The Balaban J connectivity index is 2.25. The van der Waals surface area contributed by atoms with Gasteiger partial charge in [-0.1, -0.05) is 0 Å². The van der Waals surface area contributed by atoms with Gasteiger partial charge >= 0.3 is 5.69 Å². The highest BCUT2D eigenvalue weighted by molar-refractivity contribution is 9.10. The minimum absolute atomic E-state index is 0.142. The van der Waals surface area contributed by atoms with Crippen LogP contribution in [0, 0.1) is 0 Å². The van der Waals surface area contributed by atoms with E-state index in [4.69, 9.17) is 5.11 Å². The number of halogens is 1. The van der Waals surface area contributed by atoms with Gasteiger partial charge in [0.25, 0.3) is 0 Å². The molecule has 5 nitrogen and oxygen atoms in total. The zero-order valence-corrected chi connectivity index (χ0v) is 9.23. The first-order chi connectivity index (χ1) is 7.15. The normalized spacial score (nSPS) is 10.5. The molecule has 0 saturated carbocycles. The molecule has 15 heavy (non-hydrogen) atoms. The number of hydrogen-bond acceptors (Lipinski definition) is 3. The Morgan fingerprint density at radius 2 is 2.33 bits per heavy atom. The van der Waals surface area contributed by atoms with Gasteiger partial charge in [-0.3, -0.25) is 14.5 Å². The number of aromatic amines is 1. The Hall–Kier alpha value is -1.56. The van der Waals surface area contributed by atoms with Crippen molar-refractivity contribution in [1.82, 2.24) is 14.5 Å². The van der Waals surface area contributed by atoms with E-state index in [1.165, 1.54) is 10.8 Å². The summed E-state index contributed by atoms with van der Waals surface area (Å²) in [6.07, 6.45) is 3.00. The molecule has 2 N–H and O–H groups in total. The van der Waals surface area contributed by atoms with Gasteiger partial charge in [0.05, 0.1) is 18.4 Å². The van der Waals surface area contributed by atoms with E-state index in [-0.39, 0.29) is 11.6 Å². The van der Waals surface area contributed by atoms with Crippen molar-refractivity contribution in [3.63, 3.8) is 0 Å². The third-order valence-electron chi connectivity index (χ3n) is 1.89. The number of nitrogens with one attached hydrogen (secondary N) is 1. The average molecular weight is 270 g/mol. The summed E-state index contributed by atoms with van der Waals surface area (Å²) in [5, 5.41) is 9.05. The quantitative estimate of drug-likeness (QED) is 0.858.